The molecule has 2 rings (SSSR count). The van der Waals surface area contributed by atoms with Crippen LogP contribution in [-0.4, -0.2) is 26.2 Å². The van der Waals surface area contributed by atoms with Gasteiger partial charge in [0.05, 0.1) is 6.61 Å². The molecule has 7 heteroatoms. The van der Waals surface area contributed by atoms with Crippen molar-refractivity contribution in [3.05, 3.63) is 65.7 Å². The van der Waals surface area contributed by atoms with Gasteiger partial charge in [0.15, 0.2) is 5.96 Å². The van der Waals surface area contributed by atoms with Gasteiger partial charge in [-0.15, -0.1) is 24.0 Å². The quantitative estimate of drug-likeness (QED) is 0.286. The molecule has 0 aliphatic carbocycles. The molecular weight excluding hydrogens is 439 g/mol. The maximum Gasteiger partial charge on any atom is 0.191 e. The first-order valence-corrected chi connectivity index (χ1v) is 7.74. The van der Waals surface area contributed by atoms with Crippen molar-refractivity contribution < 1.29 is 13.5 Å². The third kappa shape index (κ3) is 8.15. The Bertz CT molecular complexity index is 666. The van der Waals surface area contributed by atoms with Crippen LogP contribution in [0.2, 0.25) is 0 Å². The minimum atomic E-state index is -0.280. The van der Waals surface area contributed by atoms with E-state index in [1.54, 1.807) is 25.2 Å². The number of halogens is 3. The van der Waals surface area contributed by atoms with Gasteiger partial charge in [-0.1, -0.05) is 12.1 Å². The molecule has 4 nitrogen and oxygen atoms in total. The summed E-state index contributed by atoms with van der Waals surface area (Å²) in [7, 11) is 1.68. The van der Waals surface area contributed by atoms with Crippen molar-refractivity contribution in [2.45, 2.75) is 13.0 Å². The lowest BCUT2D eigenvalue weighted by atomic mass is 10.2. The largest absolute Gasteiger partial charge is 0.494 e. The van der Waals surface area contributed by atoms with Crippen LogP contribution in [0.3, 0.4) is 0 Å². The third-order valence-corrected chi connectivity index (χ3v) is 3.27. The predicted molar refractivity (Wildman–Crippen MR) is 107 cm³/mol. The minimum Gasteiger partial charge on any atom is -0.494 e. The molecular formula is C18H22F2IN3O. The number of benzene rings is 2. The Kier molecular flexibility index (Phi) is 9.83. The molecule has 0 bridgehead atoms. The van der Waals surface area contributed by atoms with Gasteiger partial charge in [-0.25, -0.2) is 8.78 Å². The summed E-state index contributed by atoms with van der Waals surface area (Å²) in [5, 5.41) is 6.27. The fourth-order valence-electron chi connectivity index (χ4n) is 2.05. The normalized spacial score (nSPS) is 10.8. The topological polar surface area (TPSA) is 45.7 Å². The molecule has 0 aliphatic heterocycles. The minimum absolute atomic E-state index is 0. The lowest BCUT2D eigenvalue weighted by Crippen LogP contribution is -2.37. The van der Waals surface area contributed by atoms with Gasteiger partial charge in [0.2, 0.25) is 0 Å². The number of ether oxygens (including phenoxy) is 1. The molecule has 2 N–H and O–H groups in total. The molecule has 0 aromatic heterocycles. The van der Waals surface area contributed by atoms with E-state index in [2.05, 4.69) is 15.6 Å². The Morgan fingerprint density at radius 1 is 1.04 bits per heavy atom. The highest BCUT2D eigenvalue weighted by molar-refractivity contribution is 14.0. The van der Waals surface area contributed by atoms with Crippen LogP contribution in [0.15, 0.2) is 53.5 Å². The van der Waals surface area contributed by atoms with Crippen molar-refractivity contribution in [3.63, 3.8) is 0 Å². The molecule has 0 spiro atoms. The molecule has 0 unspecified atom stereocenters. The van der Waals surface area contributed by atoms with Crippen LogP contribution in [0.4, 0.5) is 8.78 Å². The average Bonchev–Trinajstić information content (AvgIpc) is 2.59. The van der Waals surface area contributed by atoms with Crippen LogP contribution in [0.5, 0.6) is 5.75 Å². The van der Waals surface area contributed by atoms with Crippen LogP contribution in [0.1, 0.15) is 12.0 Å². The van der Waals surface area contributed by atoms with Crippen molar-refractivity contribution in [2.75, 3.05) is 20.2 Å². The SMILES string of the molecule is CN=C(NCCCOc1ccc(F)cc1)NCc1cccc(F)c1.I. The van der Waals surface area contributed by atoms with Gasteiger partial charge in [0.25, 0.3) is 0 Å². The van der Waals surface area contributed by atoms with E-state index in [1.807, 2.05) is 6.07 Å². The van der Waals surface area contributed by atoms with E-state index in [4.69, 9.17) is 4.74 Å². The van der Waals surface area contributed by atoms with Gasteiger partial charge in [-0.05, 0) is 48.4 Å². The Morgan fingerprint density at radius 3 is 2.48 bits per heavy atom. The van der Waals surface area contributed by atoms with Crippen molar-refractivity contribution in [1.29, 1.82) is 0 Å². The Labute approximate surface area is 163 Å². The van der Waals surface area contributed by atoms with E-state index in [1.165, 1.54) is 24.3 Å². The van der Waals surface area contributed by atoms with Gasteiger partial charge in [0, 0.05) is 20.1 Å². The average molecular weight is 461 g/mol. The molecule has 25 heavy (non-hydrogen) atoms. The maximum atomic E-state index is 13.1. The second-order valence-electron chi connectivity index (χ2n) is 5.14. The van der Waals surface area contributed by atoms with Crippen LogP contribution in [0.25, 0.3) is 0 Å². The van der Waals surface area contributed by atoms with Crippen molar-refractivity contribution >= 4 is 29.9 Å². The highest BCUT2D eigenvalue weighted by Gasteiger charge is 2.00. The number of nitrogens with zero attached hydrogens (tertiary/aromatic N) is 1. The van der Waals surface area contributed by atoms with Crippen molar-refractivity contribution in [1.82, 2.24) is 10.6 Å². The summed E-state index contributed by atoms with van der Waals surface area (Å²) in [6.07, 6.45) is 0.762. The molecule has 0 heterocycles. The first-order valence-electron chi connectivity index (χ1n) is 7.74. The molecule has 0 fully saturated rings. The van der Waals surface area contributed by atoms with E-state index in [-0.39, 0.29) is 35.6 Å². The smallest absolute Gasteiger partial charge is 0.191 e. The van der Waals surface area contributed by atoms with Crippen molar-refractivity contribution in [2.24, 2.45) is 4.99 Å². The number of guanidine groups is 1. The highest BCUT2D eigenvalue weighted by atomic mass is 127. The second kappa shape index (κ2) is 11.6. The van der Waals surface area contributed by atoms with Gasteiger partial charge in [-0.3, -0.25) is 4.99 Å². The van der Waals surface area contributed by atoms with E-state index < -0.39 is 0 Å². The van der Waals surface area contributed by atoms with Gasteiger partial charge in [0.1, 0.15) is 17.4 Å². The molecule has 0 saturated carbocycles. The van der Waals surface area contributed by atoms with Crippen LogP contribution < -0.4 is 15.4 Å². The summed E-state index contributed by atoms with van der Waals surface area (Å²) in [6, 6.07) is 12.4. The number of hydrogen-bond acceptors (Lipinski definition) is 2. The van der Waals surface area contributed by atoms with Crippen LogP contribution >= 0.6 is 24.0 Å². The molecule has 0 radical (unpaired) electrons. The van der Waals surface area contributed by atoms with Gasteiger partial charge < -0.3 is 15.4 Å². The fraction of sp³-hybridized carbons (Fsp3) is 0.278. The molecule has 0 saturated heterocycles. The lowest BCUT2D eigenvalue weighted by molar-refractivity contribution is 0.310. The monoisotopic (exact) mass is 461 g/mol. The summed E-state index contributed by atoms with van der Waals surface area (Å²) < 4.78 is 31.4. The molecule has 2 aromatic carbocycles. The summed E-state index contributed by atoms with van der Waals surface area (Å²) in [5.74, 6) is 0.749. The fourth-order valence-corrected chi connectivity index (χ4v) is 2.05. The predicted octanol–water partition coefficient (Wildman–Crippen LogP) is 3.72. The highest BCUT2D eigenvalue weighted by Crippen LogP contribution is 2.10. The van der Waals surface area contributed by atoms with Crippen molar-refractivity contribution in [3.8, 4) is 5.75 Å². The second-order valence-corrected chi connectivity index (χ2v) is 5.14. The molecule has 2 aromatic rings. The summed E-state index contributed by atoms with van der Waals surface area (Å²) in [5.41, 5.74) is 0.845. The molecule has 0 amide bonds. The Balaban J connectivity index is 0.00000312. The zero-order valence-electron chi connectivity index (χ0n) is 14.0. The Hall–Kier alpha value is -1.90. The standard InChI is InChI=1S/C18H21F2N3O.HI/c1-21-18(23-13-14-4-2-5-16(20)12-14)22-10-3-11-24-17-8-6-15(19)7-9-17;/h2,4-9,12H,3,10-11,13H2,1H3,(H2,21,22,23);1H. The number of aliphatic imine (C=N–C) groups is 1. The zero-order valence-corrected chi connectivity index (χ0v) is 16.3. The first kappa shape index (κ1) is 21.1. The number of rotatable bonds is 7. The molecule has 0 atom stereocenters. The van der Waals surface area contributed by atoms with E-state index in [0.717, 1.165) is 12.0 Å². The van der Waals surface area contributed by atoms with E-state index in [9.17, 15) is 8.78 Å². The van der Waals surface area contributed by atoms with E-state index >= 15 is 0 Å². The summed E-state index contributed by atoms with van der Waals surface area (Å²) >= 11 is 0. The van der Waals surface area contributed by atoms with Gasteiger partial charge in [-0.2, -0.15) is 0 Å². The zero-order chi connectivity index (χ0) is 17.2. The summed E-state index contributed by atoms with van der Waals surface area (Å²) in [4.78, 5) is 4.11. The number of nitrogens with one attached hydrogen (secondary N) is 2. The molecule has 0 aliphatic rings. The molecule has 136 valence electrons. The first-order chi connectivity index (χ1) is 11.7. The third-order valence-electron chi connectivity index (χ3n) is 3.27. The summed E-state index contributed by atoms with van der Waals surface area (Å²) in [6.45, 7) is 1.67. The maximum absolute atomic E-state index is 13.1. The van der Waals surface area contributed by atoms with Crippen LogP contribution in [0, 0.1) is 11.6 Å². The Morgan fingerprint density at radius 2 is 1.80 bits per heavy atom. The van der Waals surface area contributed by atoms with Crippen LogP contribution in [-0.2, 0) is 6.54 Å². The van der Waals surface area contributed by atoms with Gasteiger partial charge >= 0.3 is 0 Å². The lowest BCUT2D eigenvalue weighted by Gasteiger charge is -2.12. The van der Waals surface area contributed by atoms with E-state index in [0.29, 0.717) is 31.4 Å². The number of hydrogen-bond donors (Lipinski definition) is 2.